The molecule has 3 nitrogen and oxygen atoms in total. The van der Waals surface area contributed by atoms with E-state index < -0.39 is 7.26 Å². The minimum absolute atomic E-state index is 0.507. The Balaban J connectivity index is 1.69. The summed E-state index contributed by atoms with van der Waals surface area (Å²) in [5.74, 6) is 3.74. The van der Waals surface area contributed by atoms with Gasteiger partial charge in [-0.2, -0.15) is 0 Å². The fourth-order valence-corrected chi connectivity index (χ4v) is 11.5. The summed E-state index contributed by atoms with van der Waals surface area (Å²) in [7, 11) is -0.498. The molecule has 0 saturated heterocycles. The lowest BCUT2D eigenvalue weighted by molar-refractivity contribution is 0.226. The van der Waals surface area contributed by atoms with Crippen LogP contribution in [0.2, 0.25) is 0 Å². The van der Waals surface area contributed by atoms with Crippen molar-refractivity contribution in [3.8, 4) is 17.2 Å². The lowest BCUT2D eigenvalue weighted by Gasteiger charge is -2.29. The minimum atomic E-state index is -2.20. The van der Waals surface area contributed by atoms with Crippen LogP contribution in [-0.4, -0.2) is 20.3 Å². The van der Waals surface area contributed by atoms with Gasteiger partial charge in [-0.25, -0.2) is 0 Å². The molecule has 0 aliphatic carbocycles. The summed E-state index contributed by atoms with van der Waals surface area (Å²) in [6, 6.07) is 46.3. The van der Waals surface area contributed by atoms with Gasteiger partial charge in [0, 0.05) is 11.1 Å². The third-order valence-corrected chi connectivity index (χ3v) is 15.2. The third kappa shape index (κ3) is 10.9. The molecular formula is C50H62O3P+. The molecule has 4 heteroatoms. The zero-order valence-corrected chi connectivity index (χ0v) is 34.3. The summed E-state index contributed by atoms with van der Waals surface area (Å²) in [4.78, 5) is 0. The predicted octanol–water partition coefficient (Wildman–Crippen LogP) is 12.6. The third-order valence-electron chi connectivity index (χ3n) is 10.8. The maximum atomic E-state index is 7.03. The number of benzene rings is 5. The average molecular weight is 742 g/mol. The Morgan fingerprint density at radius 1 is 0.556 bits per heavy atom. The number of hydrogen-bond acceptors (Lipinski definition) is 3. The number of methoxy groups -OCH3 is 1. The maximum absolute atomic E-state index is 7.03. The van der Waals surface area contributed by atoms with Crippen LogP contribution in [0.4, 0.5) is 0 Å². The molecule has 2 unspecified atom stereocenters. The van der Waals surface area contributed by atoms with Crippen LogP contribution < -0.4 is 30.1 Å². The largest absolute Gasteiger partial charge is 0.497 e. The summed E-state index contributed by atoms with van der Waals surface area (Å²) < 4.78 is 19.4. The highest BCUT2D eigenvalue weighted by molar-refractivity contribution is 7.95. The highest BCUT2D eigenvalue weighted by atomic mass is 31.2. The van der Waals surface area contributed by atoms with Crippen molar-refractivity contribution < 1.29 is 14.2 Å². The van der Waals surface area contributed by atoms with E-state index in [-0.39, 0.29) is 0 Å². The fraction of sp³-hybridized carbons (Fsp3) is 0.360. The van der Waals surface area contributed by atoms with Crippen molar-refractivity contribution in [2.45, 2.75) is 85.2 Å². The van der Waals surface area contributed by atoms with Gasteiger partial charge in [0.05, 0.1) is 20.3 Å². The Hall–Kier alpha value is -4.33. The molecule has 54 heavy (non-hydrogen) atoms. The van der Waals surface area contributed by atoms with E-state index in [1.807, 2.05) is 12.1 Å². The summed E-state index contributed by atoms with van der Waals surface area (Å²) in [5.41, 5.74) is 3.35. The van der Waals surface area contributed by atoms with Gasteiger partial charge in [-0.15, -0.1) is 0 Å². The number of unbranched alkanes of at least 4 members (excludes halogenated alkanes) is 2. The molecule has 0 fully saturated rings. The second-order valence-electron chi connectivity index (χ2n) is 14.5. The summed E-state index contributed by atoms with van der Waals surface area (Å²) in [5, 5.41) is 4.08. The molecule has 284 valence electrons. The molecule has 5 aromatic rings. The van der Waals surface area contributed by atoms with E-state index in [1.165, 1.54) is 60.0 Å². The van der Waals surface area contributed by atoms with Crippen molar-refractivity contribution in [2.24, 2.45) is 11.8 Å². The molecule has 5 rings (SSSR count). The second-order valence-corrected chi connectivity index (χ2v) is 18.0. The van der Waals surface area contributed by atoms with Crippen molar-refractivity contribution >= 4 is 35.3 Å². The van der Waals surface area contributed by atoms with E-state index >= 15 is 0 Å². The van der Waals surface area contributed by atoms with Gasteiger partial charge in [0.2, 0.25) is 0 Å². The van der Waals surface area contributed by atoms with Crippen LogP contribution in [-0.2, 0) is 6.16 Å². The standard InChI is InChI=1S/C50H62O3P/c1-6-10-21-40(8-3)37-52-49-36-44(39-54(46-23-15-12-16-24-46,47-25-17-13-18-26-47)48-27-19-14-20-28-48)50(53-38-41(9-4)22-11-7-2)35-43(49)32-29-42-30-33-45(51-5)34-31-42/h12-20,23-36,40-41H,6-11,21-22,37-39H2,1-5H3/q+1. The first-order chi connectivity index (χ1) is 26.5. The first-order valence-corrected chi connectivity index (χ1v) is 22.3. The lowest BCUT2D eigenvalue weighted by atomic mass is 10.00. The van der Waals surface area contributed by atoms with Gasteiger partial charge in [0.15, 0.2) is 0 Å². The van der Waals surface area contributed by atoms with Gasteiger partial charge in [0.25, 0.3) is 0 Å². The highest BCUT2D eigenvalue weighted by Gasteiger charge is 2.46. The predicted molar refractivity (Wildman–Crippen MR) is 235 cm³/mol. The van der Waals surface area contributed by atoms with E-state index in [9.17, 15) is 0 Å². The Labute approximate surface area is 327 Å². The number of rotatable bonds is 22. The molecule has 0 aliphatic heterocycles. The minimum Gasteiger partial charge on any atom is -0.497 e. The molecule has 0 heterocycles. The second kappa shape index (κ2) is 21.5. The Kier molecular flexibility index (Phi) is 16.3. The number of hydrogen-bond donors (Lipinski definition) is 0. The van der Waals surface area contributed by atoms with Crippen LogP contribution in [0.5, 0.6) is 17.2 Å². The van der Waals surface area contributed by atoms with Crippen molar-refractivity contribution in [1.82, 2.24) is 0 Å². The van der Waals surface area contributed by atoms with Crippen LogP contribution in [0.15, 0.2) is 127 Å². The molecule has 0 amide bonds. The molecule has 5 aromatic carbocycles. The molecule has 0 N–H and O–H groups in total. The molecule has 0 spiro atoms. The van der Waals surface area contributed by atoms with Gasteiger partial charge >= 0.3 is 0 Å². The SMILES string of the molecule is CCCCC(CC)COc1cc(C[P+](c2ccccc2)(c2ccccc2)c2ccccc2)c(OCC(CC)CCCC)cc1C=Cc1ccc(OC)cc1. The van der Waals surface area contributed by atoms with Gasteiger partial charge in [-0.1, -0.05) is 145 Å². The van der Waals surface area contributed by atoms with Crippen LogP contribution >= 0.6 is 7.26 Å². The van der Waals surface area contributed by atoms with E-state index in [2.05, 4.69) is 155 Å². The van der Waals surface area contributed by atoms with Crippen molar-refractivity contribution in [3.63, 3.8) is 0 Å². The summed E-state index contributed by atoms with van der Waals surface area (Å²) >= 11 is 0. The molecule has 0 radical (unpaired) electrons. The Morgan fingerprint density at radius 3 is 1.48 bits per heavy atom. The first-order valence-electron chi connectivity index (χ1n) is 20.3. The molecule has 0 aliphatic rings. The average Bonchev–Trinajstić information content (AvgIpc) is 3.23. The smallest absolute Gasteiger partial charge is 0.127 e. The Morgan fingerprint density at radius 2 is 1.04 bits per heavy atom. The summed E-state index contributed by atoms with van der Waals surface area (Å²) in [6.45, 7) is 10.5. The van der Waals surface area contributed by atoms with Gasteiger partial charge in [0.1, 0.15) is 46.6 Å². The quantitative estimate of drug-likeness (QED) is 0.0522. The molecular weight excluding hydrogens is 680 g/mol. The molecule has 2 atom stereocenters. The monoisotopic (exact) mass is 741 g/mol. The fourth-order valence-electron chi connectivity index (χ4n) is 7.27. The molecule has 0 aromatic heterocycles. The number of ether oxygens (including phenoxy) is 3. The van der Waals surface area contributed by atoms with Crippen molar-refractivity contribution in [1.29, 1.82) is 0 Å². The Bertz CT molecular complexity index is 1720. The van der Waals surface area contributed by atoms with Crippen LogP contribution in [0, 0.1) is 11.8 Å². The van der Waals surface area contributed by atoms with Crippen molar-refractivity contribution in [2.75, 3.05) is 20.3 Å². The summed E-state index contributed by atoms with van der Waals surface area (Å²) in [6.07, 6.45) is 14.6. The van der Waals surface area contributed by atoms with Crippen LogP contribution in [0.3, 0.4) is 0 Å². The van der Waals surface area contributed by atoms with E-state index in [1.54, 1.807) is 7.11 Å². The van der Waals surface area contributed by atoms with E-state index in [0.29, 0.717) is 25.0 Å². The highest BCUT2D eigenvalue weighted by Crippen LogP contribution is 2.59. The van der Waals surface area contributed by atoms with Gasteiger partial charge in [-0.3, -0.25) is 0 Å². The maximum Gasteiger partial charge on any atom is 0.127 e. The lowest BCUT2D eigenvalue weighted by Crippen LogP contribution is -2.32. The normalized spacial score (nSPS) is 12.8. The van der Waals surface area contributed by atoms with Crippen LogP contribution in [0.25, 0.3) is 12.2 Å². The van der Waals surface area contributed by atoms with E-state index in [0.717, 1.165) is 47.4 Å². The molecule has 0 bridgehead atoms. The molecule has 0 saturated carbocycles. The zero-order chi connectivity index (χ0) is 38.0. The van der Waals surface area contributed by atoms with Gasteiger partial charge < -0.3 is 14.2 Å². The van der Waals surface area contributed by atoms with Crippen LogP contribution in [0.1, 0.15) is 95.8 Å². The van der Waals surface area contributed by atoms with E-state index in [4.69, 9.17) is 14.2 Å². The van der Waals surface area contributed by atoms with Crippen molar-refractivity contribution in [3.05, 3.63) is 144 Å². The first kappa shape index (κ1) is 40.8. The zero-order valence-electron chi connectivity index (χ0n) is 33.4. The topological polar surface area (TPSA) is 27.7 Å². The van der Waals surface area contributed by atoms with Gasteiger partial charge in [-0.05, 0) is 90.9 Å².